The van der Waals surface area contributed by atoms with E-state index in [0.29, 0.717) is 18.8 Å². The first-order valence-electron chi connectivity index (χ1n) is 6.14. The zero-order chi connectivity index (χ0) is 13.2. The highest BCUT2D eigenvalue weighted by atomic mass is 19.4. The zero-order valence-corrected chi connectivity index (χ0v) is 10.3. The number of hydrogen-bond donors (Lipinski definition) is 1. The van der Waals surface area contributed by atoms with Gasteiger partial charge in [-0.2, -0.15) is 13.2 Å². The van der Waals surface area contributed by atoms with Gasteiger partial charge in [-0.3, -0.25) is 0 Å². The van der Waals surface area contributed by atoms with Crippen molar-refractivity contribution in [1.82, 2.24) is 5.32 Å². The molecule has 1 N–H and O–H groups in total. The summed E-state index contributed by atoms with van der Waals surface area (Å²) in [5.74, 6) is 0. The minimum Gasteiger partial charge on any atom is -0.363 e. The minimum atomic E-state index is -4.17. The second-order valence-corrected chi connectivity index (χ2v) is 4.47. The van der Waals surface area contributed by atoms with Crippen molar-refractivity contribution in [2.75, 3.05) is 24.5 Å². The summed E-state index contributed by atoms with van der Waals surface area (Å²) in [7, 11) is 0. The highest BCUT2D eigenvalue weighted by Gasteiger charge is 2.31. The van der Waals surface area contributed by atoms with E-state index in [4.69, 9.17) is 0 Å². The van der Waals surface area contributed by atoms with Crippen LogP contribution in [0.15, 0.2) is 18.2 Å². The number of halogens is 3. The lowest BCUT2D eigenvalue weighted by Gasteiger charge is -2.29. The van der Waals surface area contributed by atoms with Crippen molar-refractivity contribution in [3.05, 3.63) is 29.3 Å². The molecule has 0 aliphatic carbocycles. The lowest BCUT2D eigenvalue weighted by molar-refractivity contribution is -0.119. The fourth-order valence-electron chi connectivity index (χ4n) is 2.38. The SMILES string of the molecule is CCN(CC(F)(F)F)c1cccc2c1CNCC2. The quantitative estimate of drug-likeness (QED) is 0.896. The molecule has 1 aromatic carbocycles. The van der Waals surface area contributed by atoms with Crippen LogP contribution in [0.25, 0.3) is 0 Å². The first-order valence-corrected chi connectivity index (χ1v) is 6.14. The zero-order valence-electron chi connectivity index (χ0n) is 10.3. The van der Waals surface area contributed by atoms with E-state index in [-0.39, 0.29) is 0 Å². The van der Waals surface area contributed by atoms with Crippen molar-refractivity contribution >= 4 is 5.69 Å². The van der Waals surface area contributed by atoms with Gasteiger partial charge >= 0.3 is 6.18 Å². The fraction of sp³-hybridized carbons (Fsp3) is 0.538. The number of rotatable bonds is 3. The van der Waals surface area contributed by atoms with Gasteiger partial charge in [-0.1, -0.05) is 12.1 Å². The van der Waals surface area contributed by atoms with Crippen molar-refractivity contribution in [3.63, 3.8) is 0 Å². The van der Waals surface area contributed by atoms with Gasteiger partial charge in [-0.15, -0.1) is 0 Å². The van der Waals surface area contributed by atoms with Gasteiger partial charge in [0.25, 0.3) is 0 Å². The van der Waals surface area contributed by atoms with Crippen LogP contribution in [0, 0.1) is 0 Å². The van der Waals surface area contributed by atoms with Crippen molar-refractivity contribution in [2.24, 2.45) is 0 Å². The van der Waals surface area contributed by atoms with Gasteiger partial charge in [0.05, 0.1) is 0 Å². The van der Waals surface area contributed by atoms with E-state index in [9.17, 15) is 13.2 Å². The van der Waals surface area contributed by atoms with Crippen LogP contribution in [0.2, 0.25) is 0 Å². The van der Waals surface area contributed by atoms with E-state index in [1.165, 1.54) is 4.90 Å². The standard InChI is InChI=1S/C13H17F3N2/c1-2-18(9-13(14,15)16)12-5-3-4-10-6-7-17-8-11(10)12/h3-5,17H,2,6-9H2,1H3. The van der Waals surface area contributed by atoms with Gasteiger partial charge in [0.2, 0.25) is 0 Å². The van der Waals surface area contributed by atoms with Crippen molar-refractivity contribution in [3.8, 4) is 0 Å². The van der Waals surface area contributed by atoms with Crippen LogP contribution in [-0.2, 0) is 13.0 Å². The van der Waals surface area contributed by atoms with Gasteiger partial charge in [0.1, 0.15) is 6.54 Å². The Labute approximate surface area is 105 Å². The molecule has 0 radical (unpaired) electrons. The highest BCUT2D eigenvalue weighted by molar-refractivity contribution is 5.57. The summed E-state index contributed by atoms with van der Waals surface area (Å²) in [6, 6.07) is 5.63. The van der Waals surface area contributed by atoms with Crippen molar-refractivity contribution in [1.29, 1.82) is 0 Å². The molecule has 1 aromatic rings. The molecular weight excluding hydrogens is 241 g/mol. The minimum absolute atomic E-state index is 0.357. The van der Waals surface area contributed by atoms with Gasteiger partial charge in [0.15, 0.2) is 0 Å². The van der Waals surface area contributed by atoms with E-state index < -0.39 is 12.7 Å². The second kappa shape index (κ2) is 5.18. The van der Waals surface area contributed by atoms with E-state index in [0.717, 1.165) is 24.1 Å². The Morgan fingerprint density at radius 3 is 2.78 bits per heavy atom. The summed E-state index contributed by atoms with van der Waals surface area (Å²) in [6.45, 7) is 2.76. The van der Waals surface area contributed by atoms with Crippen LogP contribution in [0.5, 0.6) is 0 Å². The number of nitrogens with one attached hydrogen (secondary N) is 1. The topological polar surface area (TPSA) is 15.3 Å². The van der Waals surface area contributed by atoms with Crippen LogP contribution in [0.4, 0.5) is 18.9 Å². The first kappa shape index (κ1) is 13.2. The van der Waals surface area contributed by atoms with Crippen molar-refractivity contribution < 1.29 is 13.2 Å². The van der Waals surface area contributed by atoms with E-state index >= 15 is 0 Å². The Bertz CT molecular complexity index is 415. The Morgan fingerprint density at radius 2 is 2.11 bits per heavy atom. The number of anilines is 1. The predicted molar refractivity (Wildman–Crippen MR) is 65.8 cm³/mol. The molecule has 0 bridgehead atoms. The number of nitrogens with zero attached hydrogens (tertiary/aromatic N) is 1. The Hall–Kier alpha value is -1.23. The summed E-state index contributed by atoms with van der Waals surface area (Å²) in [4.78, 5) is 1.39. The lowest BCUT2D eigenvalue weighted by Crippen LogP contribution is -2.36. The molecule has 0 spiro atoms. The number of fused-ring (bicyclic) bond motifs is 1. The average molecular weight is 258 g/mol. The molecule has 0 unspecified atom stereocenters. The number of hydrogen-bond acceptors (Lipinski definition) is 2. The number of alkyl halides is 3. The van der Waals surface area contributed by atoms with Crippen LogP contribution in [0.3, 0.4) is 0 Å². The predicted octanol–water partition coefficient (Wildman–Crippen LogP) is 2.72. The van der Waals surface area contributed by atoms with Gasteiger partial charge in [-0.25, -0.2) is 0 Å². The smallest absolute Gasteiger partial charge is 0.363 e. The maximum absolute atomic E-state index is 12.6. The molecule has 1 heterocycles. The van der Waals surface area contributed by atoms with Gasteiger partial charge in [-0.05, 0) is 37.1 Å². The largest absolute Gasteiger partial charge is 0.405 e. The lowest BCUT2D eigenvalue weighted by atomic mass is 9.98. The fourth-order valence-corrected chi connectivity index (χ4v) is 2.38. The van der Waals surface area contributed by atoms with Gasteiger partial charge in [0, 0.05) is 18.8 Å². The molecule has 0 saturated carbocycles. The van der Waals surface area contributed by atoms with Crippen LogP contribution >= 0.6 is 0 Å². The molecule has 1 aliphatic heterocycles. The summed E-state index contributed by atoms with van der Waals surface area (Å²) in [6.07, 6.45) is -3.28. The van der Waals surface area contributed by atoms with Crippen LogP contribution < -0.4 is 10.2 Å². The Balaban J connectivity index is 2.30. The van der Waals surface area contributed by atoms with E-state index in [1.807, 2.05) is 12.1 Å². The summed E-state index contributed by atoms with van der Waals surface area (Å²) in [5.41, 5.74) is 2.88. The van der Waals surface area contributed by atoms with Crippen LogP contribution in [0.1, 0.15) is 18.1 Å². The van der Waals surface area contributed by atoms with Crippen molar-refractivity contribution in [2.45, 2.75) is 26.1 Å². The molecule has 0 fully saturated rings. The summed E-state index contributed by atoms with van der Waals surface area (Å²) in [5, 5.41) is 3.22. The maximum Gasteiger partial charge on any atom is 0.405 e. The molecule has 2 rings (SSSR count). The van der Waals surface area contributed by atoms with Crippen LogP contribution in [-0.4, -0.2) is 25.8 Å². The molecule has 5 heteroatoms. The maximum atomic E-state index is 12.6. The monoisotopic (exact) mass is 258 g/mol. The Morgan fingerprint density at radius 1 is 1.33 bits per heavy atom. The molecule has 0 atom stereocenters. The van der Waals surface area contributed by atoms with Gasteiger partial charge < -0.3 is 10.2 Å². The summed E-state index contributed by atoms with van der Waals surface area (Å²) >= 11 is 0. The number of benzene rings is 1. The molecule has 0 aromatic heterocycles. The molecule has 100 valence electrons. The average Bonchev–Trinajstić information content (AvgIpc) is 2.34. The third kappa shape index (κ3) is 2.96. The van der Waals surface area contributed by atoms with E-state index in [1.54, 1.807) is 13.0 Å². The normalized spacial score (nSPS) is 15.3. The van der Waals surface area contributed by atoms with E-state index in [2.05, 4.69) is 5.32 Å². The second-order valence-electron chi connectivity index (χ2n) is 4.47. The first-order chi connectivity index (χ1) is 8.51. The molecule has 2 nitrogen and oxygen atoms in total. The third-order valence-corrected chi connectivity index (χ3v) is 3.21. The molecule has 0 saturated heterocycles. The highest BCUT2D eigenvalue weighted by Crippen LogP contribution is 2.28. The molecular formula is C13H17F3N2. The molecule has 18 heavy (non-hydrogen) atoms. The Kier molecular flexibility index (Phi) is 3.80. The summed E-state index contributed by atoms with van der Waals surface area (Å²) < 4.78 is 37.7. The molecule has 0 amide bonds. The molecule has 1 aliphatic rings. The third-order valence-electron chi connectivity index (χ3n) is 3.21.